The van der Waals surface area contributed by atoms with Gasteiger partial charge in [0.2, 0.25) is 0 Å². The van der Waals surface area contributed by atoms with Gasteiger partial charge in [0.25, 0.3) is 5.69 Å². The zero-order valence-corrected chi connectivity index (χ0v) is 14.9. The van der Waals surface area contributed by atoms with E-state index in [-0.39, 0.29) is 11.3 Å². The molecule has 0 aromatic heterocycles. The normalized spacial score (nSPS) is 17.4. The second-order valence-corrected chi connectivity index (χ2v) is 5.81. The van der Waals surface area contributed by atoms with Gasteiger partial charge in [0.1, 0.15) is 6.61 Å². The Bertz CT molecular complexity index is 811. The number of hydrogen-bond donors (Lipinski definition) is 2. The van der Waals surface area contributed by atoms with Crippen molar-refractivity contribution in [2.45, 2.75) is 33.1 Å². The minimum absolute atomic E-state index is 0.0802. The monoisotopic (exact) mass is 359 g/mol. The topological polar surface area (TPSA) is 114 Å². The molecule has 0 saturated carbocycles. The van der Waals surface area contributed by atoms with E-state index in [0.717, 1.165) is 11.3 Å². The van der Waals surface area contributed by atoms with Crippen molar-refractivity contribution in [3.63, 3.8) is 0 Å². The first-order valence-electron chi connectivity index (χ1n) is 8.15. The Morgan fingerprint density at radius 1 is 1.42 bits per heavy atom. The van der Waals surface area contributed by atoms with Gasteiger partial charge in [0.15, 0.2) is 0 Å². The fourth-order valence-corrected chi connectivity index (χ4v) is 3.04. The summed E-state index contributed by atoms with van der Waals surface area (Å²) < 4.78 is 0. The van der Waals surface area contributed by atoms with Gasteiger partial charge in [-0.15, -0.1) is 0 Å². The van der Waals surface area contributed by atoms with Crippen LogP contribution in [0, 0.1) is 10.1 Å². The Kier molecular flexibility index (Phi) is 6.11. The van der Waals surface area contributed by atoms with Gasteiger partial charge in [-0.1, -0.05) is 17.3 Å². The van der Waals surface area contributed by atoms with E-state index in [2.05, 4.69) is 10.5 Å². The average Bonchev–Trinajstić information content (AvgIpc) is 2.59. The lowest BCUT2D eigenvalue weighted by Gasteiger charge is -2.30. The van der Waals surface area contributed by atoms with Crippen LogP contribution in [0.3, 0.4) is 0 Å². The Morgan fingerprint density at radius 2 is 2.15 bits per heavy atom. The molecule has 1 aromatic rings. The van der Waals surface area contributed by atoms with E-state index in [1.807, 2.05) is 13.8 Å². The molecule has 0 fully saturated rings. The van der Waals surface area contributed by atoms with Gasteiger partial charge in [-0.3, -0.25) is 10.1 Å². The smallest absolute Gasteiger partial charge is 0.334 e. The molecule has 138 valence electrons. The SMILES string of the molecule is CCON=CCC1=C(C)NC(C)=C(C(=O)O)C1c1cccc([N+](=O)[O-])c1. The highest BCUT2D eigenvalue weighted by Gasteiger charge is 2.33. The third kappa shape index (κ3) is 4.08. The van der Waals surface area contributed by atoms with E-state index in [4.69, 9.17) is 4.84 Å². The molecule has 8 nitrogen and oxygen atoms in total. The van der Waals surface area contributed by atoms with Gasteiger partial charge in [0.05, 0.1) is 10.5 Å². The number of carboxylic acids is 1. The van der Waals surface area contributed by atoms with Gasteiger partial charge < -0.3 is 15.3 Å². The lowest BCUT2D eigenvalue weighted by Crippen LogP contribution is -2.28. The molecule has 1 unspecified atom stereocenters. The third-order valence-corrected chi connectivity index (χ3v) is 4.13. The summed E-state index contributed by atoms with van der Waals surface area (Å²) in [7, 11) is 0. The molecule has 2 rings (SSSR count). The number of aliphatic carboxylic acids is 1. The fourth-order valence-electron chi connectivity index (χ4n) is 3.04. The molecule has 0 saturated heterocycles. The predicted octanol–water partition coefficient (Wildman–Crippen LogP) is 3.33. The number of nitro benzene ring substituents is 1. The summed E-state index contributed by atoms with van der Waals surface area (Å²) in [6.07, 6.45) is 1.92. The van der Waals surface area contributed by atoms with Crippen LogP contribution >= 0.6 is 0 Å². The predicted molar refractivity (Wildman–Crippen MR) is 96.7 cm³/mol. The Morgan fingerprint density at radius 3 is 2.77 bits per heavy atom. The lowest BCUT2D eigenvalue weighted by molar-refractivity contribution is -0.384. The zero-order valence-electron chi connectivity index (χ0n) is 14.9. The van der Waals surface area contributed by atoms with Gasteiger partial charge >= 0.3 is 5.97 Å². The number of allylic oxidation sites excluding steroid dienone is 3. The van der Waals surface area contributed by atoms with E-state index in [0.29, 0.717) is 24.3 Å². The Hall–Kier alpha value is -3.16. The first kappa shape index (κ1) is 19.2. The number of nitro groups is 1. The van der Waals surface area contributed by atoms with E-state index in [9.17, 15) is 20.0 Å². The standard InChI is InChI=1S/C18H21N3O5/c1-4-26-19-9-8-15-11(2)20-12(3)16(18(22)23)17(15)13-6-5-7-14(10-13)21(24)25/h5-7,9-10,17,20H,4,8H2,1-3H3,(H,22,23). The molecule has 0 amide bonds. The van der Waals surface area contributed by atoms with Crippen LogP contribution in [0.1, 0.15) is 38.7 Å². The molecule has 1 heterocycles. The molecular weight excluding hydrogens is 338 g/mol. The lowest BCUT2D eigenvalue weighted by atomic mass is 9.79. The van der Waals surface area contributed by atoms with Crippen LogP contribution in [0.25, 0.3) is 0 Å². The molecule has 26 heavy (non-hydrogen) atoms. The molecule has 0 bridgehead atoms. The number of nitrogens with zero attached hydrogens (tertiary/aromatic N) is 2. The van der Waals surface area contributed by atoms with Crippen molar-refractivity contribution in [1.82, 2.24) is 5.32 Å². The molecule has 1 aliphatic heterocycles. The first-order chi connectivity index (χ1) is 12.4. The van der Waals surface area contributed by atoms with Crippen LogP contribution < -0.4 is 5.32 Å². The highest BCUT2D eigenvalue weighted by molar-refractivity contribution is 5.91. The maximum absolute atomic E-state index is 11.9. The molecule has 2 N–H and O–H groups in total. The molecule has 1 atom stereocenters. The van der Waals surface area contributed by atoms with E-state index >= 15 is 0 Å². The second-order valence-electron chi connectivity index (χ2n) is 5.81. The summed E-state index contributed by atoms with van der Waals surface area (Å²) in [6.45, 7) is 5.77. The fraction of sp³-hybridized carbons (Fsp3) is 0.333. The van der Waals surface area contributed by atoms with Crippen molar-refractivity contribution < 1.29 is 19.7 Å². The highest BCUT2D eigenvalue weighted by Crippen LogP contribution is 2.40. The van der Waals surface area contributed by atoms with E-state index < -0.39 is 16.8 Å². The van der Waals surface area contributed by atoms with Crippen LogP contribution in [-0.2, 0) is 9.63 Å². The van der Waals surface area contributed by atoms with Crippen LogP contribution in [0.5, 0.6) is 0 Å². The first-order valence-corrected chi connectivity index (χ1v) is 8.15. The number of hydrogen-bond acceptors (Lipinski definition) is 6. The minimum Gasteiger partial charge on any atom is -0.478 e. The molecule has 8 heteroatoms. The third-order valence-electron chi connectivity index (χ3n) is 4.13. The number of carbonyl (C=O) groups is 1. The molecule has 0 spiro atoms. The van der Waals surface area contributed by atoms with Crippen molar-refractivity contribution in [2.24, 2.45) is 5.16 Å². The van der Waals surface area contributed by atoms with E-state index in [1.54, 1.807) is 25.3 Å². The molecule has 0 aliphatic carbocycles. The molecule has 0 radical (unpaired) electrons. The van der Waals surface area contributed by atoms with Crippen LogP contribution in [0.2, 0.25) is 0 Å². The summed E-state index contributed by atoms with van der Waals surface area (Å²) in [5.74, 6) is -1.68. The van der Waals surface area contributed by atoms with Crippen molar-refractivity contribution in [3.05, 3.63) is 62.5 Å². The maximum atomic E-state index is 11.9. The number of rotatable bonds is 7. The number of benzene rings is 1. The average molecular weight is 359 g/mol. The molecule has 1 aliphatic rings. The number of dihydropyridines is 1. The van der Waals surface area contributed by atoms with Crippen molar-refractivity contribution in [3.8, 4) is 0 Å². The van der Waals surface area contributed by atoms with Crippen LogP contribution in [0.4, 0.5) is 5.69 Å². The van der Waals surface area contributed by atoms with E-state index in [1.165, 1.54) is 12.1 Å². The molecule has 1 aromatic carbocycles. The zero-order chi connectivity index (χ0) is 19.3. The summed E-state index contributed by atoms with van der Waals surface area (Å²) in [5.41, 5.74) is 2.72. The second kappa shape index (κ2) is 8.28. The summed E-state index contributed by atoms with van der Waals surface area (Å²) in [5, 5.41) is 27.7. The quantitative estimate of drug-likeness (QED) is 0.438. The summed E-state index contributed by atoms with van der Waals surface area (Å²) in [6, 6.07) is 6.06. The van der Waals surface area contributed by atoms with Gasteiger partial charge in [-0.2, -0.15) is 0 Å². The van der Waals surface area contributed by atoms with Crippen LogP contribution in [-0.4, -0.2) is 28.8 Å². The van der Waals surface area contributed by atoms with Crippen LogP contribution in [0.15, 0.2) is 52.0 Å². The minimum atomic E-state index is -1.07. The van der Waals surface area contributed by atoms with Gasteiger partial charge in [-0.05, 0) is 31.9 Å². The Balaban J connectivity index is 2.54. The van der Waals surface area contributed by atoms with Crippen molar-refractivity contribution in [2.75, 3.05) is 6.61 Å². The number of nitrogens with one attached hydrogen (secondary N) is 1. The Labute approximate surface area is 151 Å². The van der Waals surface area contributed by atoms with Crippen molar-refractivity contribution >= 4 is 17.9 Å². The number of non-ortho nitro benzene ring substituents is 1. The number of oxime groups is 1. The largest absolute Gasteiger partial charge is 0.478 e. The van der Waals surface area contributed by atoms with Crippen molar-refractivity contribution in [1.29, 1.82) is 0 Å². The van der Waals surface area contributed by atoms with Gasteiger partial charge in [0, 0.05) is 42.1 Å². The molecular formula is C18H21N3O5. The highest BCUT2D eigenvalue weighted by atomic mass is 16.6. The maximum Gasteiger partial charge on any atom is 0.334 e. The van der Waals surface area contributed by atoms with Gasteiger partial charge in [-0.25, -0.2) is 4.79 Å². The summed E-state index contributed by atoms with van der Waals surface area (Å²) in [4.78, 5) is 27.5. The summed E-state index contributed by atoms with van der Waals surface area (Å²) >= 11 is 0. The number of carboxylic acid groups (broad SMARTS) is 1.